The smallest absolute Gasteiger partial charge is 0.304 e. The summed E-state index contributed by atoms with van der Waals surface area (Å²) in [6.07, 6.45) is 9.81. The number of carbonyl (C=O) groups is 1. The van der Waals surface area contributed by atoms with E-state index in [1.54, 1.807) is 30.7 Å². The summed E-state index contributed by atoms with van der Waals surface area (Å²) in [5.74, 6) is 0.400. The van der Waals surface area contributed by atoms with E-state index in [4.69, 9.17) is 9.72 Å². The van der Waals surface area contributed by atoms with E-state index in [9.17, 15) is 9.90 Å². The summed E-state index contributed by atoms with van der Waals surface area (Å²) < 4.78 is 5.11. The highest BCUT2D eigenvalue weighted by Crippen LogP contribution is 2.32. The number of hydrogen-bond donors (Lipinski definition) is 2. The van der Waals surface area contributed by atoms with Crippen LogP contribution in [-0.2, 0) is 24.1 Å². The molecule has 32 heavy (non-hydrogen) atoms. The minimum atomic E-state index is -0.852. The lowest BCUT2D eigenvalue weighted by Crippen LogP contribution is -2.14. The molecule has 3 aromatic rings. The molecule has 1 aliphatic heterocycles. The number of methoxy groups -OCH3 is 1. The molecule has 0 saturated heterocycles. The zero-order valence-electron chi connectivity index (χ0n) is 18.2. The lowest BCUT2D eigenvalue weighted by atomic mass is 9.98. The van der Waals surface area contributed by atoms with Crippen LogP contribution in [0.5, 0.6) is 5.88 Å². The molecule has 168 valence electrons. The summed E-state index contributed by atoms with van der Waals surface area (Å²) in [6, 6.07) is 7.97. The van der Waals surface area contributed by atoms with Gasteiger partial charge in [-0.2, -0.15) is 0 Å². The third-order valence-electron chi connectivity index (χ3n) is 5.68. The van der Waals surface area contributed by atoms with Gasteiger partial charge in [-0.25, -0.2) is 15.0 Å². The second-order valence-electron chi connectivity index (χ2n) is 8.00. The Hall–Kier alpha value is -3.00. The van der Waals surface area contributed by atoms with Gasteiger partial charge in [-0.05, 0) is 55.7 Å². The minimum absolute atomic E-state index is 0.0149. The maximum Gasteiger partial charge on any atom is 0.304 e. The SMILES string of the molecule is COc1ccc(C(CC(=O)O)c2ncc(CCCCc3ccc4c(n3)NCCC4)s2)cn1. The highest BCUT2D eigenvalue weighted by Gasteiger charge is 2.22. The lowest BCUT2D eigenvalue weighted by molar-refractivity contribution is -0.137. The van der Waals surface area contributed by atoms with Crippen molar-refractivity contribution in [2.75, 3.05) is 19.0 Å². The molecular weight excluding hydrogens is 424 g/mol. The van der Waals surface area contributed by atoms with Crippen LogP contribution in [0, 0.1) is 0 Å². The zero-order chi connectivity index (χ0) is 22.3. The molecule has 0 saturated carbocycles. The Balaban J connectivity index is 1.34. The van der Waals surface area contributed by atoms with Gasteiger partial charge in [-0.1, -0.05) is 12.1 Å². The third-order valence-corrected chi connectivity index (χ3v) is 6.85. The van der Waals surface area contributed by atoms with Crippen molar-refractivity contribution in [2.24, 2.45) is 0 Å². The first-order chi connectivity index (χ1) is 15.6. The third kappa shape index (κ3) is 5.62. The Morgan fingerprint density at radius 3 is 2.84 bits per heavy atom. The zero-order valence-corrected chi connectivity index (χ0v) is 19.0. The minimum Gasteiger partial charge on any atom is -0.481 e. The van der Waals surface area contributed by atoms with Gasteiger partial charge >= 0.3 is 5.97 Å². The molecule has 7 nitrogen and oxygen atoms in total. The number of aliphatic carboxylic acids is 1. The van der Waals surface area contributed by atoms with Crippen molar-refractivity contribution in [3.05, 3.63) is 63.4 Å². The average Bonchev–Trinajstić information content (AvgIpc) is 3.29. The maximum atomic E-state index is 11.4. The summed E-state index contributed by atoms with van der Waals surface area (Å²) in [5.41, 5.74) is 3.29. The molecule has 0 aromatic carbocycles. The van der Waals surface area contributed by atoms with E-state index in [-0.39, 0.29) is 12.3 Å². The van der Waals surface area contributed by atoms with Gasteiger partial charge in [0.1, 0.15) is 10.8 Å². The average molecular weight is 453 g/mol. The number of fused-ring (bicyclic) bond motifs is 1. The number of pyridine rings is 2. The van der Waals surface area contributed by atoms with Crippen LogP contribution in [0.1, 0.15) is 58.3 Å². The van der Waals surface area contributed by atoms with Crippen LogP contribution in [0.3, 0.4) is 0 Å². The first-order valence-corrected chi connectivity index (χ1v) is 11.8. The fourth-order valence-electron chi connectivity index (χ4n) is 3.95. The molecule has 4 rings (SSSR count). The molecule has 0 amide bonds. The van der Waals surface area contributed by atoms with Crippen molar-refractivity contribution >= 4 is 23.1 Å². The number of anilines is 1. The number of carboxylic acid groups (broad SMARTS) is 1. The van der Waals surface area contributed by atoms with Crippen LogP contribution < -0.4 is 10.1 Å². The highest BCUT2D eigenvalue weighted by molar-refractivity contribution is 7.11. The van der Waals surface area contributed by atoms with E-state index in [0.717, 1.165) is 60.7 Å². The number of hydrogen-bond acceptors (Lipinski definition) is 7. The highest BCUT2D eigenvalue weighted by atomic mass is 32.1. The Morgan fingerprint density at radius 2 is 2.06 bits per heavy atom. The van der Waals surface area contributed by atoms with Crippen molar-refractivity contribution in [2.45, 2.75) is 50.9 Å². The summed E-state index contributed by atoms with van der Waals surface area (Å²) in [7, 11) is 1.56. The van der Waals surface area contributed by atoms with Gasteiger partial charge in [-0.15, -0.1) is 11.3 Å². The number of rotatable bonds is 10. The number of nitrogens with one attached hydrogen (secondary N) is 1. The van der Waals surface area contributed by atoms with E-state index < -0.39 is 5.97 Å². The second-order valence-corrected chi connectivity index (χ2v) is 9.14. The van der Waals surface area contributed by atoms with Gasteiger partial charge in [-0.3, -0.25) is 4.79 Å². The molecule has 0 aliphatic carbocycles. The second kappa shape index (κ2) is 10.5. The largest absolute Gasteiger partial charge is 0.481 e. The van der Waals surface area contributed by atoms with Crippen molar-refractivity contribution in [1.29, 1.82) is 0 Å². The molecule has 3 aromatic heterocycles. The van der Waals surface area contributed by atoms with Gasteiger partial charge in [0.2, 0.25) is 5.88 Å². The Labute approximate surface area is 191 Å². The lowest BCUT2D eigenvalue weighted by Gasteiger charge is -2.17. The van der Waals surface area contributed by atoms with Crippen molar-refractivity contribution in [3.63, 3.8) is 0 Å². The fourth-order valence-corrected chi connectivity index (χ4v) is 5.04. The normalized spacial score (nSPS) is 13.8. The molecule has 0 radical (unpaired) electrons. The molecular formula is C24H28N4O3S. The molecule has 2 N–H and O–H groups in total. The van der Waals surface area contributed by atoms with Crippen LogP contribution in [0.15, 0.2) is 36.7 Å². The molecule has 1 aliphatic rings. The van der Waals surface area contributed by atoms with Crippen LogP contribution in [0.4, 0.5) is 5.82 Å². The van der Waals surface area contributed by atoms with Crippen LogP contribution in [-0.4, -0.2) is 39.7 Å². The molecule has 0 spiro atoms. The van der Waals surface area contributed by atoms with Crippen LogP contribution >= 0.6 is 11.3 Å². The quantitative estimate of drug-likeness (QED) is 0.438. The molecule has 1 unspecified atom stereocenters. The maximum absolute atomic E-state index is 11.4. The monoisotopic (exact) mass is 452 g/mol. The Bertz CT molecular complexity index is 1050. The first-order valence-electron chi connectivity index (χ1n) is 11.0. The Kier molecular flexibility index (Phi) is 7.32. The number of aromatic nitrogens is 3. The predicted molar refractivity (Wildman–Crippen MR) is 125 cm³/mol. The molecule has 0 bridgehead atoms. The van der Waals surface area contributed by atoms with Crippen molar-refractivity contribution in [1.82, 2.24) is 15.0 Å². The van der Waals surface area contributed by atoms with Gasteiger partial charge in [0.05, 0.1) is 13.5 Å². The van der Waals surface area contributed by atoms with E-state index in [1.807, 2.05) is 12.3 Å². The number of carboxylic acids is 1. The summed E-state index contributed by atoms with van der Waals surface area (Å²) in [4.78, 5) is 26.2. The van der Waals surface area contributed by atoms with Crippen LogP contribution in [0.25, 0.3) is 0 Å². The van der Waals surface area contributed by atoms with Gasteiger partial charge in [0, 0.05) is 41.5 Å². The predicted octanol–water partition coefficient (Wildman–Crippen LogP) is 4.47. The van der Waals surface area contributed by atoms with Gasteiger partial charge in [0.15, 0.2) is 0 Å². The van der Waals surface area contributed by atoms with Crippen molar-refractivity contribution < 1.29 is 14.6 Å². The molecule has 0 fully saturated rings. The van der Waals surface area contributed by atoms with E-state index in [2.05, 4.69) is 27.4 Å². The van der Waals surface area contributed by atoms with Crippen LogP contribution in [0.2, 0.25) is 0 Å². The number of aryl methyl sites for hydroxylation is 3. The fraction of sp³-hybridized carbons (Fsp3) is 0.417. The standard InChI is InChI=1S/C24H28N4O3S/c1-31-21-11-9-17(14-26-21)20(13-22(29)30)24-27-15-19(32-24)7-3-2-6-18-10-8-16-5-4-12-25-23(16)28-18/h8-11,14-15,20H,2-7,12-13H2,1H3,(H,25,28)(H,29,30). The van der Waals surface area contributed by atoms with E-state index in [0.29, 0.717) is 5.88 Å². The number of thiazole rings is 1. The van der Waals surface area contributed by atoms with E-state index in [1.165, 1.54) is 16.9 Å². The first kappa shape index (κ1) is 22.2. The summed E-state index contributed by atoms with van der Waals surface area (Å²) in [6.45, 7) is 1.01. The Morgan fingerprint density at radius 1 is 1.19 bits per heavy atom. The summed E-state index contributed by atoms with van der Waals surface area (Å²) >= 11 is 1.59. The van der Waals surface area contributed by atoms with Gasteiger partial charge in [0.25, 0.3) is 0 Å². The molecule has 4 heterocycles. The van der Waals surface area contributed by atoms with E-state index >= 15 is 0 Å². The molecule has 1 atom stereocenters. The number of ether oxygens (including phenoxy) is 1. The number of nitrogens with zero attached hydrogens (tertiary/aromatic N) is 3. The van der Waals surface area contributed by atoms with Crippen molar-refractivity contribution in [3.8, 4) is 5.88 Å². The molecule has 8 heteroatoms. The summed E-state index contributed by atoms with van der Waals surface area (Å²) in [5, 5.41) is 13.6. The topological polar surface area (TPSA) is 97.2 Å². The van der Waals surface area contributed by atoms with Gasteiger partial charge < -0.3 is 15.2 Å². The number of unbranched alkanes of at least 4 members (excludes halogenated alkanes) is 1.